The van der Waals surface area contributed by atoms with Crippen molar-refractivity contribution in [2.75, 3.05) is 41.3 Å². The number of rotatable bonds is 5. The Morgan fingerprint density at radius 2 is 1.50 bits per heavy atom. The number of hydrogen-bond acceptors (Lipinski definition) is 5. The fraction of sp³-hybridized carbons (Fsp3) is 0.304. The van der Waals surface area contributed by atoms with Gasteiger partial charge in [0.25, 0.3) is 0 Å². The summed E-state index contributed by atoms with van der Waals surface area (Å²) >= 11 is 0. The fourth-order valence-corrected chi connectivity index (χ4v) is 3.58. The monoisotopic (exact) mass is 373 g/mol. The van der Waals surface area contributed by atoms with Crippen molar-refractivity contribution in [2.24, 2.45) is 0 Å². The fourth-order valence-electron chi connectivity index (χ4n) is 3.58. The first kappa shape index (κ1) is 18.3. The van der Waals surface area contributed by atoms with Crippen LogP contribution in [0.25, 0.3) is 0 Å². The molecule has 3 aromatic rings. The van der Waals surface area contributed by atoms with E-state index in [1.54, 1.807) is 0 Å². The number of aromatic nitrogens is 2. The Morgan fingerprint density at radius 3 is 2.25 bits per heavy atom. The summed E-state index contributed by atoms with van der Waals surface area (Å²) in [6.07, 6.45) is 0. The lowest BCUT2D eigenvalue weighted by Crippen LogP contribution is -2.47. The molecule has 5 heteroatoms. The number of anilines is 3. The van der Waals surface area contributed by atoms with Gasteiger partial charge >= 0.3 is 0 Å². The van der Waals surface area contributed by atoms with Crippen molar-refractivity contribution in [2.45, 2.75) is 20.4 Å². The van der Waals surface area contributed by atoms with E-state index in [-0.39, 0.29) is 0 Å². The third-order valence-electron chi connectivity index (χ3n) is 5.25. The summed E-state index contributed by atoms with van der Waals surface area (Å²) in [7, 11) is 0. The Hall–Kier alpha value is -3.08. The summed E-state index contributed by atoms with van der Waals surface area (Å²) in [6.45, 7) is 8.75. The zero-order valence-corrected chi connectivity index (χ0v) is 16.6. The average molecular weight is 374 g/mol. The predicted octanol–water partition coefficient (Wildman–Crippen LogP) is 4.03. The molecule has 0 saturated carbocycles. The molecule has 0 spiro atoms. The van der Waals surface area contributed by atoms with E-state index in [1.807, 2.05) is 13.0 Å². The Morgan fingerprint density at radius 1 is 0.821 bits per heavy atom. The van der Waals surface area contributed by atoms with Crippen LogP contribution < -0.4 is 15.1 Å². The summed E-state index contributed by atoms with van der Waals surface area (Å²) < 4.78 is 0. The van der Waals surface area contributed by atoms with E-state index in [2.05, 4.69) is 81.6 Å². The Kier molecular flexibility index (Phi) is 5.42. The summed E-state index contributed by atoms with van der Waals surface area (Å²) in [5.41, 5.74) is 4.85. The standard InChI is InChI=1S/C23H27N5/c1-18-8-6-7-9-20(18)17-24-22-16-19(2)25-23(26-22)28-14-12-27(13-15-28)21-10-4-3-5-11-21/h3-11,16H,12-15,17H2,1-2H3,(H,24,25,26). The molecule has 0 atom stereocenters. The van der Waals surface area contributed by atoms with Crippen LogP contribution in [0, 0.1) is 13.8 Å². The number of nitrogens with one attached hydrogen (secondary N) is 1. The summed E-state index contributed by atoms with van der Waals surface area (Å²) in [5.74, 6) is 1.70. The molecule has 5 nitrogen and oxygen atoms in total. The molecule has 144 valence electrons. The van der Waals surface area contributed by atoms with Gasteiger partial charge in [-0.1, -0.05) is 42.5 Å². The SMILES string of the molecule is Cc1cc(NCc2ccccc2C)nc(N2CCN(c3ccccc3)CC2)n1. The quantitative estimate of drug-likeness (QED) is 0.731. The topological polar surface area (TPSA) is 44.3 Å². The van der Waals surface area contributed by atoms with Gasteiger partial charge in [0.15, 0.2) is 0 Å². The predicted molar refractivity (Wildman–Crippen MR) is 116 cm³/mol. The Labute approximate surface area is 167 Å². The maximum Gasteiger partial charge on any atom is 0.227 e. The molecule has 1 aliphatic rings. The van der Waals surface area contributed by atoms with Crippen molar-refractivity contribution in [3.63, 3.8) is 0 Å². The van der Waals surface area contributed by atoms with E-state index in [9.17, 15) is 0 Å². The molecule has 0 unspecified atom stereocenters. The highest BCUT2D eigenvalue weighted by molar-refractivity contribution is 5.49. The number of benzene rings is 2. The lowest BCUT2D eigenvalue weighted by atomic mass is 10.1. The van der Waals surface area contributed by atoms with E-state index >= 15 is 0 Å². The first-order valence-corrected chi connectivity index (χ1v) is 9.88. The van der Waals surface area contributed by atoms with Crippen molar-refractivity contribution in [3.05, 3.63) is 77.5 Å². The highest BCUT2D eigenvalue weighted by atomic mass is 15.3. The van der Waals surface area contributed by atoms with E-state index in [0.717, 1.165) is 50.2 Å². The van der Waals surface area contributed by atoms with Gasteiger partial charge in [0, 0.05) is 50.2 Å². The molecule has 1 saturated heterocycles. The smallest absolute Gasteiger partial charge is 0.227 e. The lowest BCUT2D eigenvalue weighted by molar-refractivity contribution is 0.639. The van der Waals surface area contributed by atoms with Gasteiger partial charge < -0.3 is 15.1 Å². The molecular weight excluding hydrogens is 346 g/mol. The van der Waals surface area contributed by atoms with E-state index in [1.165, 1.54) is 16.8 Å². The van der Waals surface area contributed by atoms with Gasteiger partial charge in [-0.25, -0.2) is 4.98 Å². The minimum atomic E-state index is 0.768. The number of nitrogens with zero attached hydrogens (tertiary/aromatic N) is 4. The van der Waals surface area contributed by atoms with Crippen LogP contribution in [0.1, 0.15) is 16.8 Å². The molecule has 0 aliphatic carbocycles. The molecule has 2 aromatic carbocycles. The van der Waals surface area contributed by atoms with Crippen LogP contribution in [0.4, 0.5) is 17.5 Å². The molecule has 1 aliphatic heterocycles. The van der Waals surface area contributed by atoms with Crippen molar-refractivity contribution < 1.29 is 0 Å². The molecule has 0 amide bonds. The molecule has 0 bridgehead atoms. The highest BCUT2D eigenvalue weighted by Gasteiger charge is 2.19. The van der Waals surface area contributed by atoms with E-state index < -0.39 is 0 Å². The molecule has 1 fully saturated rings. The Balaban J connectivity index is 1.42. The summed E-state index contributed by atoms with van der Waals surface area (Å²) in [5, 5.41) is 3.47. The van der Waals surface area contributed by atoms with Crippen LogP contribution in [-0.4, -0.2) is 36.1 Å². The minimum Gasteiger partial charge on any atom is -0.368 e. The van der Waals surface area contributed by atoms with Crippen LogP contribution in [0.2, 0.25) is 0 Å². The normalized spacial score (nSPS) is 14.2. The zero-order chi connectivity index (χ0) is 19.3. The first-order valence-electron chi connectivity index (χ1n) is 9.88. The van der Waals surface area contributed by atoms with Crippen molar-refractivity contribution in [1.82, 2.24) is 9.97 Å². The van der Waals surface area contributed by atoms with Crippen molar-refractivity contribution in [1.29, 1.82) is 0 Å². The highest BCUT2D eigenvalue weighted by Crippen LogP contribution is 2.20. The van der Waals surface area contributed by atoms with Crippen LogP contribution in [0.5, 0.6) is 0 Å². The minimum absolute atomic E-state index is 0.768. The second-order valence-corrected chi connectivity index (χ2v) is 7.28. The molecule has 28 heavy (non-hydrogen) atoms. The number of para-hydroxylation sites is 1. The van der Waals surface area contributed by atoms with Gasteiger partial charge in [-0.3, -0.25) is 0 Å². The average Bonchev–Trinajstić information content (AvgIpc) is 2.74. The zero-order valence-electron chi connectivity index (χ0n) is 16.6. The van der Waals surface area contributed by atoms with Gasteiger partial charge in [0.2, 0.25) is 5.95 Å². The van der Waals surface area contributed by atoms with Gasteiger partial charge in [0.1, 0.15) is 5.82 Å². The van der Waals surface area contributed by atoms with Gasteiger partial charge in [-0.15, -0.1) is 0 Å². The first-order chi connectivity index (χ1) is 13.7. The van der Waals surface area contributed by atoms with E-state index in [4.69, 9.17) is 4.98 Å². The number of aryl methyl sites for hydroxylation is 2. The van der Waals surface area contributed by atoms with Crippen molar-refractivity contribution >= 4 is 17.5 Å². The van der Waals surface area contributed by atoms with Gasteiger partial charge in [-0.2, -0.15) is 4.98 Å². The summed E-state index contributed by atoms with van der Waals surface area (Å²) in [4.78, 5) is 14.2. The molecular formula is C23H27N5. The lowest BCUT2D eigenvalue weighted by Gasteiger charge is -2.36. The molecule has 1 aromatic heterocycles. The summed E-state index contributed by atoms with van der Waals surface area (Å²) in [6, 6.07) is 21.1. The maximum atomic E-state index is 4.78. The molecule has 2 heterocycles. The molecule has 0 radical (unpaired) electrons. The van der Waals surface area contributed by atoms with Crippen LogP contribution in [0.15, 0.2) is 60.7 Å². The van der Waals surface area contributed by atoms with Crippen LogP contribution in [0.3, 0.4) is 0 Å². The third kappa shape index (κ3) is 4.25. The van der Waals surface area contributed by atoms with Crippen molar-refractivity contribution in [3.8, 4) is 0 Å². The van der Waals surface area contributed by atoms with E-state index in [0.29, 0.717) is 0 Å². The Bertz CT molecular complexity index is 917. The third-order valence-corrected chi connectivity index (χ3v) is 5.25. The van der Waals surface area contributed by atoms with Gasteiger partial charge in [0.05, 0.1) is 0 Å². The largest absolute Gasteiger partial charge is 0.368 e. The van der Waals surface area contributed by atoms with Crippen LogP contribution >= 0.6 is 0 Å². The number of piperazine rings is 1. The maximum absolute atomic E-state index is 4.78. The molecule has 4 rings (SSSR count). The van der Waals surface area contributed by atoms with Crippen LogP contribution in [-0.2, 0) is 6.54 Å². The number of hydrogen-bond donors (Lipinski definition) is 1. The second-order valence-electron chi connectivity index (χ2n) is 7.28. The second kappa shape index (κ2) is 8.30. The molecule has 1 N–H and O–H groups in total. The van der Waals surface area contributed by atoms with Gasteiger partial charge in [-0.05, 0) is 37.1 Å².